The maximum atomic E-state index is 15.0. The Morgan fingerprint density at radius 3 is 2.26 bits per heavy atom. The third kappa shape index (κ3) is 8.55. The number of nitrogens with zero attached hydrogens (tertiary/aromatic N) is 4. The summed E-state index contributed by atoms with van der Waals surface area (Å²) in [6.45, 7) is 7.68. The van der Waals surface area contributed by atoms with Gasteiger partial charge in [-0.3, -0.25) is 14.4 Å². The van der Waals surface area contributed by atoms with Crippen LogP contribution in [0.1, 0.15) is 86.8 Å². The lowest BCUT2D eigenvalue weighted by molar-refractivity contribution is -0.148. The number of aromatic nitrogens is 1. The molecule has 2 fully saturated rings. The van der Waals surface area contributed by atoms with Crippen molar-refractivity contribution in [3.05, 3.63) is 125 Å². The molecule has 1 spiro atoms. The van der Waals surface area contributed by atoms with E-state index in [-0.39, 0.29) is 62.1 Å². The zero-order valence-corrected chi connectivity index (χ0v) is 35.5. The maximum absolute atomic E-state index is 15.0. The molecule has 4 aliphatic rings. The van der Waals surface area contributed by atoms with Crippen LogP contribution >= 0.6 is 0 Å². The Labute approximate surface area is 356 Å². The van der Waals surface area contributed by atoms with Gasteiger partial charge in [0.15, 0.2) is 0 Å². The number of anilines is 2. The van der Waals surface area contributed by atoms with Gasteiger partial charge in [-0.05, 0) is 105 Å². The Bertz CT molecular complexity index is 2350. The summed E-state index contributed by atoms with van der Waals surface area (Å²) < 4.78 is 11.4. The molecule has 2 bridgehead atoms. The van der Waals surface area contributed by atoms with E-state index < -0.39 is 22.5 Å². The molecule has 2 saturated heterocycles. The summed E-state index contributed by atoms with van der Waals surface area (Å²) >= 11 is 0. The topological polar surface area (TPSA) is 150 Å². The molecular formula is C48H54N6O7. The van der Waals surface area contributed by atoms with Crippen molar-refractivity contribution in [2.24, 2.45) is 5.41 Å². The fourth-order valence-corrected chi connectivity index (χ4v) is 9.78. The van der Waals surface area contributed by atoms with Crippen molar-refractivity contribution >= 4 is 41.4 Å². The minimum atomic E-state index is -0.862. The van der Waals surface area contributed by atoms with Gasteiger partial charge in [-0.1, -0.05) is 73.7 Å². The average molecular weight is 827 g/mol. The van der Waals surface area contributed by atoms with Crippen LogP contribution in [0.5, 0.6) is 0 Å². The number of carbonyl (C=O) groups excluding carboxylic acids is 5. The molecule has 3 aliphatic heterocycles. The average Bonchev–Trinajstić information content (AvgIpc) is 3.84. The Hall–Kier alpha value is -6.24. The summed E-state index contributed by atoms with van der Waals surface area (Å²) in [6, 6.07) is 26.3. The third-order valence-corrected chi connectivity index (χ3v) is 12.6. The first-order valence-electron chi connectivity index (χ1n) is 21.1. The number of hydrogen-bond donors (Lipinski definition) is 2. The zero-order chi connectivity index (χ0) is 43.1. The van der Waals surface area contributed by atoms with Crippen LogP contribution in [0.25, 0.3) is 0 Å². The molecular weight excluding hydrogens is 773 g/mol. The highest BCUT2D eigenvalue weighted by Gasteiger charge is 2.53. The highest BCUT2D eigenvalue weighted by Crippen LogP contribution is 2.48. The van der Waals surface area contributed by atoms with Crippen molar-refractivity contribution in [1.29, 1.82) is 0 Å². The fraction of sp³-hybridized carbons (Fsp3) is 0.417. The van der Waals surface area contributed by atoms with Crippen LogP contribution in [0.4, 0.5) is 21.1 Å². The van der Waals surface area contributed by atoms with Crippen molar-refractivity contribution in [3.63, 3.8) is 0 Å². The number of pyridine rings is 1. The van der Waals surface area contributed by atoms with E-state index in [9.17, 15) is 19.2 Å². The Morgan fingerprint density at radius 1 is 0.885 bits per heavy atom. The Kier molecular flexibility index (Phi) is 11.1. The summed E-state index contributed by atoms with van der Waals surface area (Å²) in [5.74, 6) is -0.0350. The normalized spacial score (nSPS) is 22.2. The van der Waals surface area contributed by atoms with Gasteiger partial charge in [0.05, 0.1) is 10.8 Å². The zero-order valence-electron chi connectivity index (χ0n) is 35.5. The van der Waals surface area contributed by atoms with Gasteiger partial charge in [-0.25, -0.2) is 14.6 Å². The molecule has 2 N–H and O–H groups in total. The number of piperidine rings is 1. The molecule has 0 saturated carbocycles. The Balaban J connectivity index is 1.01. The second kappa shape index (κ2) is 16.3. The van der Waals surface area contributed by atoms with Crippen LogP contribution in [0, 0.1) is 5.41 Å². The van der Waals surface area contributed by atoms with E-state index in [1.54, 1.807) is 18.1 Å². The van der Waals surface area contributed by atoms with E-state index in [2.05, 4.69) is 15.6 Å². The Morgan fingerprint density at radius 2 is 1.56 bits per heavy atom. The highest BCUT2D eigenvalue weighted by atomic mass is 16.6. The molecule has 318 valence electrons. The second-order valence-corrected chi connectivity index (χ2v) is 18.4. The number of benzene rings is 3. The number of hydrogen-bond acceptors (Lipinski definition) is 8. The summed E-state index contributed by atoms with van der Waals surface area (Å²) in [6.07, 6.45) is 4.23. The molecule has 8 rings (SSSR count). The van der Waals surface area contributed by atoms with Crippen molar-refractivity contribution < 1.29 is 33.4 Å². The van der Waals surface area contributed by atoms with Gasteiger partial charge in [0.1, 0.15) is 24.6 Å². The van der Waals surface area contributed by atoms with E-state index in [0.29, 0.717) is 37.2 Å². The number of amides is 5. The minimum absolute atomic E-state index is 0.0773. The van der Waals surface area contributed by atoms with Gasteiger partial charge in [0.25, 0.3) is 0 Å². The molecule has 4 aromatic rings. The SMILES string of the molecule is CN(Cc1ccccc1CN(CC(=O)Nc1ccc2c(c1)C[C@@]1(C2)C(=O)Nc2ncccc21)C(=O)C1(C)CC2CCC(C1)N2C(=O)OCc1ccccc1)C(=O)OC(C)(C)C. The van der Waals surface area contributed by atoms with E-state index >= 15 is 4.79 Å². The van der Waals surface area contributed by atoms with Gasteiger partial charge < -0.3 is 34.8 Å². The van der Waals surface area contributed by atoms with Crippen molar-refractivity contribution in [3.8, 4) is 0 Å². The standard InChI is InChI=1S/C48H54N6O7/c1-46(2,3)61-44(58)52(5)27-33-14-9-10-15-34(33)28-53(43(57)47(4)25-37-19-20-38(26-47)54(37)45(59)60-30-31-12-7-6-8-13-31)29-40(55)50-36-18-17-32-23-48(24-35(32)22-36)39-16-11-21-49-41(39)51-42(48)56/h6-18,21-22,37-38H,19-20,23-30H2,1-5H3,(H,50,55)(H,49,51,56)/t37?,38?,47?,48-/m1/s1. The smallest absolute Gasteiger partial charge is 0.410 e. The molecule has 3 aromatic carbocycles. The van der Waals surface area contributed by atoms with Crippen LogP contribution in [-0.2, 0) is 61.8 Å². The van der Waals surface area contributed by atoms with Crippen molar-refractivity contribution in [2.75, 3.05) is 24.2 Å². The molecule has 2 unspecified atom stereocenters. The molecule has 4 heterocycles. The molecule has 61 heavy (non-hydrogen) atoms. The number of ether oxygens (including phenoxy) is 2. The second-order valence-electron chi connectivity index (χ2n) is 18.4. The van der Waals surface area contributed by atoms with E-state index in [1.165, 1.54) is 4.90 Å². The molecule has 5 amide bonds. The lowest BCUT2D eigenvalue weighted by Gasteiger charge is -2.45. The molecule has 13 heteroatoms. The summed E-state index contributed by atoms with van der Waals surface area (Å²) in [4.78, 5) is 78.2. The first-order chi connectivity index (χ1) is 29.1. The van der Waals surface area contributed by atoms with Gasteiger partial charge in [-0.2, -0.15) is 0 Å². The van der Waals surface area contributed by atoms with Crippen molar-refractivity contribution in [1.82, 2.24) is 19.7 Å². The lowest BCUT2D eigenvalue weighted by atomic mass is 9.75. The molecule has 3 atom stereocenters. The van der Waals surface area contributed by atoms with Crippen LogP contribution in [-0.4, -0.2) is 80.9 Å². The number of rotatable bonds is 10. The minimum Gasteiger partial charge on any atom is -0.445 e. The number of carbonyl (C=O) groups is 5. The van der Waals surface area contributed by atoms with Gasteiger partial charge in [0.2, 0.25) is 17.7 Å². The predicted octanol–water partition coefficient (Wildman–Crippen LogP) is 7.37. The van der Waals surface area contributed by atoms with Gasteiger partial charge in [-0.15, -0.1) is 0 Å². The molecule has 0 radical (unpaired) electrons. The quantitative estimate of drug-likeness (QED) is 0.168. The fourth-order valence-electron chi connectivity index (χ4n) is 9.78. The molecule has 1 aromatic heterocycles. The van der Waals surface area contributed by atoms with E-state index in [1.807, 2.05) is 118 Å². The highest BCUT2D eigenvalue weighted by molar-refractivity contribution is 6.06. The van der Waals surface area contributed by atoms with Crippen LogP contribution in [0.2, 0.25) is 0 Å². The van der Waals surface area contributed by atoms with E-state index in [4.69, 9.17) is 9.47 Å². The monoisotopic (exact) mass is 826 g/mol. The summed E-state index contributed by atoms with van der Waals surface area (Å²) in [5, 5.41) is 5.99. The van der Waals surface area contributed by atoms with Crippen LogP contribution < -0.4 is 10.6 Å². The van der Waals surface area contributed by atoms with Gasteiger partial charge in [0, 0.05) is 49.7 Å². The predicted molar refractivity (Wildman–Crippen MR) is 229 cm³/mol. The molecule has 1 aliphatic carbocycles. The summed E-state index contributed by atoms with van der Waals surface area (Å²) in [7, 11) is 1.67. The first kappa shape index (κ1) is 41.5. The van der Waals surface area contributed by atoms with Crippen LogP contribution in [0.3, 0.4) is 0 Å². The lowest BCUT2D eigenvalue weighted by Crippen LogP contribution is -2.55. The number of nitrogens with one attached hydrogen (secondary N) is 2. The molecule has 13 nitrogen and oxygen atoms in total. The van der Waals surface area contributed by atoms with Crippen LogP contribution in [0.15, 0.2) is 91.1 Å². The third-order valence-electron chi connectivity index (χ3n) is 12.6. The van der Waals surface area contributed by atoms with Gasteiger partial charge >= 0.3 is 12.2 Å². The van der Waals surface area contributed by atoms with E-state index in [0.717, 1.165) is 46.2 Å². The van der Waals surface area contributed by atoms with Crippen molar-refractivity contribution in [2.45, 2.75) is 109 Å². The largest absolute Gasteiger partial charge is 0.445 e. The maximum Gasteiger partial charge on any atom is 0.410 e. The first-order valence-corrected chi connectivity index (χ1v) is 21.1. The summed E-state index contributed by atoms with van der Waals surface area (Å²) in [5.41, 5.74) is 3.69. The number of fused-ring (bicyclic) bond motifs is 5.